The molecule has 0 spiro atoms. The van der Waals surface area contributed by atoms with Crippen molar-refractivity contribution in [3.63, 3.8) is 0 Å². The van der Waals surface area contributed by atoms with Gasteiger partial charge in [0.2, 0.25) is 5.82 Å². The second-order valence-electron chi connectivity index (χ2n) is 7.28. The van der Waals surface area contributed by atoms with Crippen molar-refractivity contribution < 1.29 is 17.7 Å². The highest BCUT2D eigenvalue weighted by molar-refractivity contribution is 7.15. The van der Waals surface area contributed by atoms with E-state index in [4.69, 9.17) is 0 Å². The average Bonchev–Trinajstić information content (AvgIpc) is 3.59. The summed E-state index contributed by atoms with van der Waals surface area (Å²) in [6, 6.07) is 7.24. The molecule has 5 rings (SSSR count). The van der Waals surface area contributed by atoms with Crippen LogP contribution in [0, 0.1) is 0 Å². The highest BCUT2D eigenvalue weighted by atomic mass is 32.1. The molecule has 0 unspecified atom stereocenters. The number of hydrogen-bond donors (Lipinski definition) is 0. The van der Waals surface area contributed by atoms with Gasteiger partial charge in [0.05, 0.1) is 17.6 Å². The van der Waals surface area contributed by atoms with E-state index in [2.05, 4.69) is 39.7 Å². The average molecular weight is 474 g/mol. The van der Waals surface area contributed by atoms with E-state index in [9.17, 15) is 13.2 Å². The van der Waals surface area contributed by atoms with Gasteiger partial charge in [0.1, 0.15) is 0 Å². The molecule has 1 aliphatic heterocycles. The maximum atomic E-state index is 12.8. The van der Waals surface area contributed by atoms with Gasteiger partial charge in [-0.3, -0.25) is 4.98 Å². The molecule has 1 aliphatic rings. The third kappa shape index (κ3) is 4.62. The standard InChI is InChI=1S/C20H17F3N8OS/c21-20(22,23)19-26-18(29-32-19)14-4-3-13(33-14)12-31(17-11-24-7-8-25-17)16-6-5-15(27-28-16)30-9-1-2-10-30/h3-8,11H,1-2,9-10,12H2. The molecule has 0 aliphatic carbocycles. The van der Waals surface area contributed by atoms with Crippen molar-refractivity contribution in [2.75, 3.05) is 22.9 Å². The van der Waals surface area contributed by atoms with Crippen LogP contribution in [0.1, 0.15) is 23.6 Å². The van der Waals surface area contributed by atoms with Crippen molar-refractivity contribution in [3.05, 3.63) is 53.6 Å². The summed E-state index contributed by atoms with van der Waals surface area (Å²) in [5, 5.41) is 12.2. The van der Waals surface area contributed by atoms with Crippen LogP contribution in [-0.2, 0) is 12.7 Å². The van der Waals surface area contributed by atoms with E-state index in [0.717, 1.165) is 36.6 Å². The van der Waals surface area contributed by atoms with E-state index < -0.39 is 12.1 Å². The second-order valence-corrected chi connectivity index (χ2v) is 8.45. The van der Waals surface area contributed by atoms with Crippen LogP contribution >= 0.6 is 11.3 Å². The van der Waals surface area contributed by atoms with Gasteiger partial charge in [-0.2, -0.15) is 18.2 Å². The smallest absolute Gasteiger partial charge is 0.355 e. The molecule has 0 saturated carbocycles. The van der Waals surface area contributed by atoms with Crippen molar-refractivity contribution in [1.29, 1.82) is 0 Å². The number of nitrogens with zero attached hydrogens (tertiary/aromatic N) is 8. The first kappa shape index (κ1) is 21.2. The lowest BCUT2D eigenvalue weighted by Crippen LogP contribution is -2.22. The Morgan fingerprint density at radius 3 is 2.55 bits per heavy atom. The Labute approximate surface area is 189 Å². The lowest BCUT2D eigenvalue weighted by molar-refractivity contribution is -0.159. The normalized spacial score (nSPS) is 14.1. The van der Waals surface area contributed by atoms with Crippen LogP contribution in [0.5, 0.6) is 0 Å². The third-order valence-electron chi connectivity index (χ3n) is 5.03. The molecule has 0 atom stereocenters. The number of thiophene rings is 1. The van der Waals surface area contributed by atoms with Crippen LogP contribution in [0.25, 0.3) is 10.7 Å². The molecule has 0 bridgehead atoms. The summed E-state index contributed by atoms with van der Waals surface area (Å²) >= 11 is 1.25. The van der Waals surface area contributed by atoms with Gasteiger partial charge >= 0.3 is 12.1 Å². The summed E-state index contributed by atoms with van der Waals surface area (Å²) < 4.78 is 42.6. The third-order valence-corrected chi connectivity index (χ3v) is 6.10. The minimum atomic E-state index is -4.69. The van der Waals surface area contributed by atoms with Crippen molar-refractivity contribution in [3.8, 4) is 10.7 Å². The molecule has 0 amide bonds. The SMILES string of the molecule is FC(F)(F)c1nc(-c2ccc(CN(c3cnccn3)c3ccc(N4CCCC4)nn3)s2)no1. The number of anilines is 3. The van der Waals surface area contributed by atoms with Gasteiger partial charge in [0, 0.05) is 30.4 Å². The van der Waals surface area contributed by atoms with E-state index in [1.165, 1.54) is 11.3 Å². The second kappa shape index (κ2) is 8.73. The maximum absolute atomic E-state index is 12.8. The van der Waals surface area contributed by atoms with Crippen LogP contribution in [-0.4, -0.2) is 43.4 Å². The maximum Gasteiger partial charge on any atom is 0.471 e. The Morgan fingerprint density at radius 2 is 1.88 bits per heavy atom. The zero-order valence-electron chi connectivity index (χ0n) is 17.1. The summed E-state index contributed by atoms with van der Waals surface area (Å²) in [5.41, 5.74) is 0. The molecule has 13 heteroatoms. The van der Waals surface area contributed by atoms with Gasteiger partial charge in [-0.15, -0.1) is 21.5 Å². The molecule has 0 radical (unpaired) electrons. The fourth-order valence-electron chi connectivity index (χ4n) is 3.46. The first-order valence-electron chi connectivity index (χ1n) is 10.1. The Hall–Kier alpha value is -3.61. The summed E-state index contributed by atoms with van der Waals surface area (Å²) in [7, 11) is 0. The molecule has 170 valence electrons. The molecule has 0 aromatic carbocycles. The number of alkyl halides is 3. The van der Waals surface area contributed by atoms with E-state index in [1.807, 2.05) is 17.0 Å². The molecule has 5 heterocycles. The summed E-state index contributed by atoms with van der Waals surface area (Å²) in [5.74, 6) is 0.481. The summed E-state index contributed by atoms with van der Waals surface area (Å²) in [6.07, 6.45) is 2.35. The monoisotopic (exact) mass is 474 g/mol. The Balaban J connectivity index is 1.40. The predicted molar refractivity (Wildman–Crippen MR) is 114 cm³/mol. The zero-order valence-corrected chi connectivity index (χ0v) is 17.9. The number of hydrogen-bond acceptors (Lipinski definition) is 10. The first-order valence-corrected chi connectivity index (χ1v) is 10.9. The molecule has 4 aromatic heterocycles. The molecular weight excluding hydrogens is 457 g/mol. The number of aromatic nitrogens is 6. The van der Waals surface area contributed by atoms with Crippen LogP contribution in [0.15, 0.2) is 47.4 Å². The van der Waals surface area contributed by atoms with Crippen molar-refractivity contribution in [2.24, 2.45) is 0 Å². The quantitative estimate of drug-likeness (QED) is 0.404. The topological polar surface area (TPSA) is 97.0 Å². The highest BCUT2D eigenvalue weighted by Gasteiger charge is 2.38. The summed E-state index contributed by atoms with van der Waals surface area (Å²) in [4.78, 5) is 17.3. The van der Waals surface area contributed by atoms with Gasteiger partial charge in [-0.05, 0) is 37.1 Å². The van der Waals surface area contributed by atoms with Crippen molar-refractivity contribution >= 4 is 28.8 Å². The summed E-state index contributed by atoms with van der Waals surface area (Å²) in [6.45, 7) is 2.28. The van der Waals surface area contributed by atoms with E-state index in [1.54, 1.807) is 30.7 Å². The highest BCUT2D eigenvalue weighted by Crippen LogP contribution is 2.33. The van der Waals surface area contributed by atoms with Crippen molar-refractivity contribution in [2.45, 2.75) is 25.6 Å². The number of halogens is 3. The molecule has 0 N–H and O–H groups in total. The largest absolute Gasteiger partial charge is 0.471 e. The van der Waals surface area contributed by atoms with Crippen LogP contribution in [0.2, 0.25) is 0 Å². The molecular formula is C20H17F3N8OS. The first-order chi connectivity index (χ1) is 16.0. The van der Waals surface area contributed by atoms with Gasteiger partial charge < -0.3 is 14.3 Å². The van der Waals surface area contributed by atoms with E-state index in [0.29, 0.717) is 23.1 Å². The van der Waals surface area contributed by atoms with Gasteiger partial charge in [-0.1, -0.05) is 5.16 Å². The van der Waals surface area contributed by atoms with Gasteiger partial charge in [-0.25, -0.2) is 4.98 Å². The predicted octanol–water partition coefficient (Wildman–Crippen LogP) is 4.34. The zero-order chi connectivity index (χ0) is 22.8. The molecule has 4 aromatic rings. The minimum absolute atomic E-state index is 0.112. The van der Waals surface area contributed by atoms with Crippen LogP contribution in [0.4, 0.5) is 30.6 Å². The molecule has 1 fully saturated rings. The van der Waals surface area contributed by atoms with E-state index in [-0.39, 0.29) is 5.82 Å². The Bertz CT molecular complexity index is 1210. The van der Waals surface area contributed by atoms with Crippen molar-refractivity contribution in [1.82, 2.24) is 30.3 Å². The van der Waals surface area contributed by atoms with Gasteiger partial charge in [0.25, 0.3) is 0 Å². The van der Waals surface area contributed by atoms with E-state index >= 15 is 0 Å². The minimum Gasteiger partial charge on any atom is -0.355 e. The molecule has 1 saturated heterocycles. The molecule has 9 nitrogen and oxygen atoms in total. The lowest BCUT2D eigenvalue weighted by Gasteiger charge is -2.22. The Morgan fingerprint density at radius 1 is 1.03 bits per heavy atom. The van der Waals surface area contributed by atoms with Crippen LogP contribution < -0.4 is 9.80 Å². The fraction of sp³-hybridized carbons (Fsp3) is 0.300. The van der Waals surface area contributed by atoms with Crippen LogP contribution in [0.3, 0.4) is 0 Å². The fourth-order valence-corrected chi connectivity index (χ4v) is 4.39. The lowest BCUT2D eigenvalue weighted by atomic mass is 10.3. The Kier molecular flexibility index (Phi) is 5.62. The molecule has 33 heavy (non-hydrogen) atoms. The van der Waals surface area contributed by atoms with Gasteiger partial charge in [0.15, 0.2) is 17.5 Å². The number of rotatable bonds is 6.